The van der Waals surface area contributed by atoms with Gasteiger partial charge in [0.25, 0.3) is 0 Å². The number of carbonyl (C=O) groups is 2. The van der Waals surface area contributed by atoms with Crippen LogP contribution in [0.15, 0.2) is 51.9 Å². The summed E-state index contributed by atoms with van der Waals surface area (Å²) < 4.78 is 12.2. The highest BCUT2D eigenvalue weighted by Crippen LogP contribution is 2.43. The zero-order valence-corrected chi connectivity index (χ0v) is 22.1. The molecule has 2 aliphatic rings. The van der Waals surface area contributed by atoms with Crippen LogP contribution < -0.4 is 15.4 Å². The number of anilines is 1. The van der Waals surface area contributed by atoms with Gasteiger partial charge in [-0.15, -0.1) is 0 Å². The number of aromatic carboxylic acids is 1. The zero-order valence-electron chi connectivity index (χ0n) is 22.1. The lowest BCUT2D eigenvalue weighted by Crippen LogP contribution is -2.10. The second kappa shape index (κ2) is 11.4. The molecule has 0 bridgehead atoms. The van der Waals surface area contributed by atoms with E-state index >= 15 is 0 Å². The molecule has 38 heavy (non-hydrogen) atoms. The Bertz CT molecular complexity index is 1550. The number of benzene rings is 3. The number of nitrogens with one attached hydrogen (secondary N) is 1. The second-order valence-corrected chi connectivity index (χ2v) is 9.14. The number of fused-ring (bicyclic) bond motifs is 2. The molecular formula is C30H32N2O6. The minimum Gasteiger partial charge on any atom is -0.494 e. The average Bonchev–Trinajstić information content (AvgIpc) is 2.87. The fraction of sp³-hybridized carbons (Fsp3) is 0.300. The standard InChI is InChI=1S/C30H32N2O6/c1-5-31-24-15-26-22(12-17(24)3)29(23-13-18(4)25(32-6-2)16-27(23)38-26)21-14-19(9-10-20(21)30(35)36)37-11-7-8-28(33)34/h9-10,12-16,31H,5-8,11H2,1-4H3,(H,33,34)(H,35,36)/b32-25+. The van der Waals surface area contributed by atoms with E-state index in [0.717, 1.165) is 45.2 Å². The number of carboxylic acids is 2. The molecule has 2 aromatic carbocycles. The normalized spacial score (nSPS) is 11.7. The zero-order chi connectivity index (χ0) is 27.4. The molecule has 0 saturated carbocycles. The van der Waals surface area contributed by atoms with Gasteiger partial charge >= 0.3 is 11.9 Å². The van der Waals surface area contributed by atoms with E-state index in [1.165, 1.54) is 6.07 Å². The summed E-state index contributed by atoms with van der Waals surface area (Å²) in [6.45, 7) is 9.54. The first kappa shape index (κ1) is 26.7. The number of hydrogen-bond donors (Lipinski definition) is 3. The van der Waals surface area contributed by atoms with E-state index in [9.17, 15) is 14.7 Å². The van der Waals surface area contributed by atoms with Gasteiger partial charge in [0, 0.05) is 59.4 Å². The summed E-state index contributed by atoms with van der Waals surface area (Å²) in [7, 11) is 0. The molecule has 1 aliphatic heterocycles. The summed E-state index contributed by atoms with van der Waals surface area (Å²) in [5.74, 6) is -0.887. The molecule has 0 unspecified atom stereocenters. The van der Waals surface area contributed by atoms with Gasteiger partial charge in [-0.3, -0.25) is 9.79 Å². The highest BCUT2D eigenvalue weighted by atomic mass is 16.5. The van der Waals surface area contributed by atoms with E-state index in [2.05, 4.69) is 10.3 Å². The van der Waals surface area contributed by atoms with Crippen molar-refractivity contribution in [2.45, 2.75) is 40.5 Å². The van der Waals surface area contributed by atoms with Crippen LogP contribution in [-0.4, -0.2) is 41.8 Å². The van der Waals surface area contributed by atoms with E-state index in [0.29, 0.717) is 35.6 Å². The Morgan fingerprint density at radius 2 is 1.79 bits per heavy atom. The third-order valence-corrected chi connectivity index (χ3v) is 6.37. The SMILES string of the molecule is CC/N=c1\cc2oc3cc(NCC)c(C)cc3c(-c3cc(OCCCC(=O)O)ccc3C(=O)O)c-2cc1C. The van der Waals surface area contributed by atoms with Gasteiger partial charge in [-0.25, -0.2) is 4.79 Å². The number of aliphatic carboxylic acids is 1. The topological polar surface area (TPSA) is 121 Å². The Hall–Kier alpha value is -4.33. The fourth-order valence-corrected chi connectivity index (χ4v) is 4.62. The average molecular weight is 517 g/mol. The predicted molar refractivity (Wildman–Crippen MR) is 147 cm³/mol. The maximum absolute atomic E-state index is 12.4. The Balaban J connectivity index is 2.03. The van der Waals surface area contributed by atoms with Crippen LogP contribution in [0.5, 0.6) is 5.75 Å². The first-order valence-corrected chi connectivity index (χ1v) is 12.7. The van der Waals surface area contributed by atoms with Gasteiger partial charge in [0.05, 0.1) is 17.5 Å². The molecule has 4 rings (SSSR count). The number of carboxylic acid groups (broad SMARTS) is 2. The van der Waals surface area contributed by atoms with E-state index in [1.54, 1.807) is 12.1 Å². The molecule has 1 aliphatic carbocycles. The summed E-state index contributed by atoms with van der Waals surface area (Å²) >= 11 is 0. The van der Waals surface area contributed by atoms with Crippen molar-refractivity contribution in [2.24, 2.45) is 4.99 Å². The highest BCUT2D eigenvalue weighted by Gasteiger charge is 2.23. The Morgan fingerprint density at radius 1 is 1.00 bits per heavy atom. The predicted octanol–water partition coefficient (Wildman–Crippen LogP) is 6.12. The van der Waals surface area contributed by atoms with Crippen LogP contribution >= 0.6 is 0 Å². The van der Waals surface area contributed by atoms with E-state index in [-0.39, 0.29) is 18.6 Å². The molecule has 0 amide bonds. The van der Waals surface area contributed by atoms with Crippen LogP contribution in [0.2, 0.25) is 0 Å². The summed E-state index contributed by atoms with van der Waals surface area (Å²) in [6, 6.07) is 12.7. The molecule has 1 heterocycles. The molecule has 8 nitrogen and oxygen atoms in total. The first-order valence-electron chi connectivity index (χ1n) is 12.7. The van der Waals surface area contributed by atoms with Gasteiger partial charge in [0.1, 0.15) is 17.1 Å². The number of hydrogen-bond acceptors (Lipinski definition) is 6. The van der Waals surface area contributed by atoms with Crippen LogP contribution in [0.4, 0.5) is 5.69 Å². The van der Waals surface area contributed by atoms with E-state index in [4.69, 9.17) is 14.3 Å². The third-order valence-electron chi connectivity index (χ3n) is 6.37. The maximum Gasteiger partial charge on any atom is 0.336 e. The van der Waals surface area contributed by atoms with E-state index in [1.807, 2.05) is 52.0 Å². The molecule has 3 N–H and O–H groups in total. The minimum absolute atomic E-state index is 0.00659. The third kappa shape index (κ3) is 5.49. The van der Waals surface area contributed by atoms with E-state index < -0.39 is 11.9 Å². The van der Waals surface area contributed by atoms with Crippen molar-refractivity contribution in [1.29, 1.82) is 0 Å². The van der Waals surface area contributed by atoms with Crippen molar-refractivity contribution in [1.82, 2.24) is 0 Å². The number of rotatable bonds is 10. The summed E-state index contributed by atoms with van der Waals surface area (Å²) in [4.78, 5) is 27.8. The lowest BCUT2D eigenvalue weighted by Gasteiger charge is -2.20. The molecular weight excluding hydrogens is 484 g/mol. The molecule has 0 aromatic heterocycles. The molecule has 2 aromatic rings. The quantitative estimate of drug-likeness (QED) is 0.172. The fourth-order valence-electron chi connectivity index (χ4n) is 4.62. The lowest BCUT2D eigenvalue weighted by atomic mass is 9.89. The van der Waals surface area contributed by atoms with Gasteiger partial charge in [-0.1, -0.05) is 0 Å². The molecule has 0 spiro atoms. The van der Waals surface area contributed by atoms with Gasteiger partial charge in [-0.05, 0) is 75.6 Å². The Labute approximate surface area is 220 Å². The maximum atomic E-state index is 12.4. The smallest absolute Gasteiger partial charge is 0.336 e. The minimum atomic E-state index is -1.06. The number of ether oxygens (including phenoxy) is 1. The van der Waals surface area contributed by atoms with Crippen molar-refractivity contribution in [2.75, 3.05) is 25.0 Å². The van der Waals surface area contributed by atoms with Crippen molar-refractivity contribution in [3.8, 4) is 28.2 Å². The van der Waals surface area contributed by atoms with Crippen molar-refractivity contribution in [3.05, 3.63) is 64.5 Å². The van der Waals surface area contributed by atoms with Crippen LogP contribution in [-0.2, 0) is 4.79 Å². The Morgan fingerprint density at radius 3 is 2.47 bits per heavy atom. The van der Waals surface area contributed by atoms with Crippen molar-refractivity contribution >= 4 is 28.6 Å². The van der Waals surface area contributed by atoms with Crippen LogP contribution in [0.3, 0.4) is 0 Å². The number of aryl methyl sites for hydroxylation is 2. The van der Waals surface area contributed by atoms with Crippen LogP contribution in [0, 0.1) is 13.8 Å². The molecule has 0 atom stereocenters. The van der Waals surface area contributed by atoms with Crippen molar-refractivity contribution in [3.63, 3.8) is 0 Å². The van der Waals surface area contributed by atoms with Crippen molar-refractivity contribution < 1.29 is 29.0 Å². The summed E-state index contributed by atoms with van der Waals surface area (Å²) in [6.07, 6.45) is 0.337. The molecule has 8 heteroatoms. The highest BCUT2D eigenvalue weighted by molar-refractivity contribution is 6.08. The molecule has 0 fully saturated rings. The Kier molecular flexibility index (Phi) is 8.00. The van der Waals surface area contributed by atoms with Gasteiger partial charge < -0.3 is 24.7 Å². The summed E-state index contributed by atoms with van der Waals surface area (Å²) in [5, 5.41) is 24.0. The molecule has 0 radical (unpaired) electrons. The largest absolute Gasteiger partial charge is 0.494 e. The second-order valence-electron chi connectivity index (χ2n) is 9.14. The van der Waals surface area contributed by atoms with Crippen LogP contribution in [0.25, 0.3) is 33.4 Å². The monoisotopic (exact) mass is 516 g/mol. The number of nitrogens with zero attached hydrogens (tertiary/aromatic N) is 1. The molecule has 198 valence electrons. The summed E-state index contributed by atoms with van der Waals surface area (Å²) in [5.41, 5.74) is 5.63. The molecule has 0 saturated heterocycles. The first-order chi connectivity index (χ1) is 18.2. The van der Waals surface area contributed by atoms with Gasteiger partial charge in [-0.2, -0.15) is 0 Å². The van der Waals surface area contributed by atoms with Crippen LogP contribution in [0.1, 0.15) is 48.2 Å². The van der Waals surface area contributed by atoms with Gasteiger partial charge in [0.2, 0.25) is 0 Å². The van der Waals surface area contributed by atoms with Gasteiger partial charge in [0.15, 0.2) is 0 Å². The lowest BCUT2D eigenvalue weighted by molar-refractivity contribution is -0.137.